The van der Waals surface area contributed by atoms with Crippen LogP contribution in [0.2, 0.25) is 0 Å². The Kier molecular flexibility index (Phi) is 2.51. The lowest BCUT2D eigenvalue weighted by Gasteiger charge is -2.24. The van der Waals surface area contributed by atoms with Crippen molar-refractivity contribution in [2.45, 2.75) is 31.8 Å². The molecular weight excluding hydrogens is 216 g/mol. The molecule has 2 aliphatic rings. The summed E-state index contributed by atoms with van der Waals surface area (Å²) in [5, 5.41) is 10.5. The molecule has 1 aromatic carbocycles. The third-order valence-electron chi connectivity index (χ3n) is 3.70. The van der Waals surface area contributed by atoms with Crippen molar-refractivity contribution in [1.82, 2.24) is 0 Å². The minimum Gasteiger partial charge on any atom is -0.490 e. The van der Waals surface area contributed by atoms with Gasteiger partial charge in [-0.1, -0.05) is 6.07 Å². The quantitative estimate of drug-likeness (QED) is 0.854. The van der Waals surface area contributed by atoms with Crippen LogP contribution in [-0.2, 0) is 5.60 Å². The van der Waals surface area contributed by atoms with E-state index in [1.54, 1.807) is 0 Å². The minimum atomic E-state index is -0.731. The summed E-state index contributed by atoms with van der Waals surface area (Å²) >= 11 is 0. The first-order valence-electron chi connectivity index (χ1n) is 6.30. The molecule has 3 nitrogen and oxygen atoms in total. The maximum Gasteiger partial charge on any atom is 0.161 e. The first-order valence-corrected chi connectivity index (χ1v) is 6.30. The number of benzene rings is 1. The van der Waals surface area contributed by atoms with E-state index in [9.17, 15) is 5.11 Å². The lowest BCUT2D eigenvalue weighted by atomic mass is 9.91. The average Bonchev–Trinajstić information content (AvgIpc) is 3.15. The normalized spacial score (nSPS) is 22.7. The molecule has 0 aromatic heterocycles. The van der Waals surface area contributed by atoms with Gasteiger partial charge < -0.3 is 14.6 Å². The van der Waals surface area contributed by atoms with Crippen molar-refractivity contribution >= 4 is 0 Å². The van der Waals surface area contributed by atoms with Gasteiger partial charge in [-0.05, 0) is 43.4 Å². The van der Waals surface area contributed by atoms with E-state index in [0.717, 1.165) is 36.3 Å². The molecule has 0 saturated heterocycles. The highest BCUT2D eigenvalue weighted by Crippen LogP contribution is 2.46. The molecule has 1 aliphatic carbocycles. The molecule has 3 heteroatoms. The Morgan fingerprint density at radius 2 is 1.88 bits per heavy atom. The lowest BCUT2D eigenvalue weighted by Crippen LogP contribution is -2.23. The van der Waals surface area contributed by atoms with Crippen LogP contribution in [0.4, 0.5) is 0 Å². The van der Waals surface area contributed by atoms with E-state index in [0.29, 0.717) is 19.1 Å². The van der Waals surface area contributed by atoms with Crippen molar-refractivity contribution in [2.24, 2.45) is 5.92 Å². The maximum absolute atomic E-state index is 10.5. The van der Waals surface area contributed by atoms with E-state index >= 15 is 0 Å². The zero-order valence-corrected chi connectivity index (χ0v) is 10.1. The van der Waals surface area contributed by atoms with Gasteiger partial charge in [0, 0.05) is 6.42 Å². The van der Waals surface area contributed by atoms with Crippen LogP contribution in [-0.4, -0.2) is 18.3 Å². The van der Waals surface area contributed by atoms with Gasteiger partial charge in [0.1, 0.15) is 0 Å². The van der Waals surface area contributed by atoms with Gasteiger partial charge in [0.25, 0.3) is 0 Å². The highest BCUT2D eigenvalue weighted by Gasteiger charge is 2.41. The van der Waals surface area contributed by atoms with Gasteiger partial charge in [0.2, 0.25) is 0 Å². The third kappa shape index (κ3) is 2.00. The zero-order valence-electron chi connectivity index (χ0n) is 10.1. The Bertz CT molecular complexity index is 421. The van der Waals surface area contributed by atoms with Crippen molar-refractivity contribution < 1.29 is 14.6 Å². The largest absolute Gasteiger partial charge is 0.490 e. The fourth-order valence-electron chi connectivity index (χ4n) is 2.36. The van der Waals surface area contributed by atoms with E-state index in [4.69, 9.17) is 9.47 Å². The Balaban J connectivity index is 1.94. The highest BCUT2D eigenvalue weighted by atomic mass is 16.5. The molecule has 3 rings (SSSR count). The van der Waals surface area contributed by atoms with Crippen LogP contribution in [0.5, 0.6) is 11.5 Å². The van der Waals surface area contributed by atoms with Crippen LogP contribution in [0.15, 0.2) is 18.2 Å². The van der Waals surface area contributed by atoms with Crippen molar-refractivity contribution in [3.63, 3.8) is 0 Å². The summed E-state index contributed by atoms with van der Waals surface area (Å²) in [5.41, 5.74) is 0.203. The fraction of sp³-hybridized carbons (Fsp3) is 0.571. The monoisotopic (exact) mass is 234 g/mol. The van der Waals surface area contributed by atoms with E-state index in [1.807, 2.05) is 25.1 Å². The predicted octanol–water partition coefficient (Wildman–Crippen LogP) is 2.47. The van der Waals surface area contributed by atoms with Crippen molar-refractivity contribution in [2.75, 3.05) is 13.2 Å². The molecule has 0 amide bonds. The van der Waals surface area contributed by atoms with Gasteiger partial charge in [-0.3, -0.25) is 0 Å². The van der Waals surface area contributed by atoms with Crippen LogP contribution in [0.1, 0.15) is 31.7 Å². The molecule has 92 valence electrons. The van der Waals surface area contributed by atoms with Crippen LogP contribution >= 0.6 is 0 Å². The molecule has 1 aliphatic heterocycles. The first kappa shape index (κ1) is 10.9. The highest BCUT2D eigenvalue weighted by molar-refractivity contribution is 5.45. The summed E-state index contributed by atoms with van der Waals surface area (Å²) in [4.78, 5) is 0. The summed E-state index contributed by atoms with van der Waals surface area (Å²) in [6.07, 6.45) is 3.13. The van der Waals surface area contributed by atoms with E-state index in [-0.39, 0.29) is 0 Å². The second-order valence-corrected chi connectivity index (χ2v) is 5.13. The number of rotatable bonds is 2. The smallest absolute Gasteiger partial charge is 0.161 e. The zero-order chi connectivity index (χ0) is 11.9. The van der Waals surface area contributed by atoms with Crippen molar-refractivity contribution in [3.8, 4) is 11.5 Å². The van der Waals surface area contributed by atoms with Crippen LogP contribution in [0, 0.1) is 5.92 Å². The van der Waals surface area contributed by atoms with Gasteiger partial charge in [-0.2, -0.15) is 0 Å². The van der Waals surface area contributed by atoms with E-state index < -0.39 is 5.60 Å². The Morgan fingerprint density at radius 3 is 2.59 bits per heavy atom. The second kappa shape index (κ2) is 3.91. The molecule has 1 heterocycles. The van der Waals surface area contributed by atoms with Gasteiger partial charge in [-0.25, -0.2) is 0 Å². The summed E-state index contributed by atoms with van der Waals surface area (Å²) in [7, 11) is 0. The van der Waals surface area contributed by atoms with Gasteiger partial charge in [0.15, 0.2) is 11.5 Å². The van der Waals surface area contributed by atoms with Crippen LogP contribution in [0.3, 0.4) is 0 Å². The first-order chi connectivity index (χ1) is 8.18. The summed E-state index contributed by atoms with van der Waals surface area (Å²) in [5.74, 6) is 1.95. The molecule has 1 atom stereocenters. The van der Waals surface area contributed by atoms with Gasteiger partial charge in [-0.15, -0.1) is 0 Å². The second-order valence-electron chi connectivity index (χ2n) is 5.13. The minimum absolute atomic E-state index is 0.396. The SMILES string of the molecule is CC(O)(c1ccc2c(c1)OCCCO2)C1CC1. The summed E-state index contributed by atoms with van der Waals surface area (Å²) < 4.78 is 11.2. The Hall–Kier alpha value is -1.22. The Morgan fingerprint density at radius 1 is 1.18 bits per heavy atom. The number of hydrogen-bond donors (Lipinski definition) is 1. The average molecular weight is 234 g/mol. The molecule has 1 N–H and O–H groups in total. The van der Waals surface area contributed by atoms with Crippen molar-refractivity contribution in [3.05, 3.63) is 23.8 Å². The van der Waals surface area contributed by atoms with E-state index in [2.05, 4.69) is 0 Å². The molecule has 1 unspecified atom stereocenters. The third-order valence-corrected chi connectivity index (χ3v) is 3.70. The Labute approximate surface area is 101 Å². The molecule has 0 spiro atoms. The molecule has 0 bridgehead atoms. The fourth-order valence-corrected chi connectivity index (χ4v) is 2.36. The van der Waals surface area contributed by atoms with E-state index in [1.165, 1.54) is 0 Å². The predicted molar refractivity (Wildman–Crippen MR) is 64.3 cm³/mol. The summed E-state index contributed by atoms with van der Waals surface area (Å²) in [6.45, 7) is 3.28. The number of hydrogen-bond acceptors (Lipinski definition) is 3. The molecule has 1 fully saturated rings. The molecular formula is C14H18O3. The summed E-state index contributed by atoms with van der Waals surface area (Å²) in [6, 6.07) is 5.79. The van der Waals surface area contributed by atoms with Crippen molar-refractivity contribution in [1.29, 1.82) is 0 Å². The lowest BCUT2D eigenvalue weighted by molar-refractivity contribution is 0.0328. The molecule has 17 heavy (non-hydrogen) atoms. The standard InChI is InChI=1S/C14H18O3/c1-14(15,10-3-4-10)11-5-6-12-13(9-11)17-8-2-7-16-12/h5-6,9-10,15H,2-4,7-8H2,1H3. The topological polar surface area (TPSA) is 38.7 Å². The van der Waals surface area contributed by atoms with Crippen LogP contribution < -0.4 is 9.47 Å². The molecule has 0 radical (unpaired) electrons. The maximum atomic E-state index is 10.5. The number of fused-ring (bicyclic) bond motifs is 1. The van der Waals surface area contributed by atoms with Gasteiger partial charge >= 0.3 is 0 Å². The molecule has 1 saturated carbocycles. The number of ether oxygens (including phenoxy) is 2. The van der Waals surface area contributed by atoms with Crippen LogP contribution in [0.25, 0.3) is 0 Å². The molecule has 1 aromatic rings. The van der Waals surface area contributed by atoms with Gasteiger partial charge in [0.05, 0.1) is 18.8 Å². The number of aliphatic hydroxyl groups is 1.